The first-order valence-electron chi connectivity index (χ1n) is 6.95. The maximum Gasteiger partial charge on any atom is 0.343 e. The van der Waals surface area contributed by atoms with Gasteiger partial charge < -0.3 is 15.2 Å². The Labute approximate surface area is 180 Å². The number of methoxy groups -OCH3 is 1. The van der Waals surface area contributed by atoms with Gasteiger partial charge in [-0.1, -0.05) is 15.9 Å². The number of halogens is 3. The van der Waals surface area contributed by atoms with Gasteiger partial charge in [0.15, 0.2) is 16.6 Å². The van der Waals surface area contributed by atoms with E-state index in [1.807, 2.05) is 0 Å². The summed E-state index contributed by atoms with van der Waals surface area (Å²) in [5.74, 6) is 0.0778. The van der Waals surface area contributed by atoms with Gasteiger partial charge in [0, 0.05) is 14.5 Å². The fourth-order valence-corrected chi connectivity index (χ4v) is 3.07. The van der Waals surface area contributed by atoms with Crippen molar-refractivity contribution < 1.29 is 14.3 Å². The summed E-state index contributed by atoms with van der Waals surface area (Å²) >= 11 is 14.9. The number of thiocarbonyl (C=S) groups is 1. The quantitative estimate of drug-likeness (QED) is 0.184. The Morgan fingerprint density at radius 3 is 2.46 bits per heavy atom. The van der Waals surface area contributed by atoms with Crippen molar-refractivity contribution in [1.82, 2.24) is 5.43 Å². The molecule has 10 heteroatoms. The Bertz CT molecular complexity index is 873. The molecule has 2 rings (SSSR count). The van der Waals surface area contributed by atoms with E-state index in [1.165, 1.54) is 13.3 Å². The number of benzene rings is 2. The maximum atomic E-state index is 12.4. The van der Waals surface area contributed by atoms with Crippen molar-refractivity contribution in [3.8, 4) is 11.5 Å². The number of nitrogens with two attached hydrogens (primary N) is 1. The number of carbonyl (C=O) groups excluding carboxylic acids is 1. The van der Waals surface area contributed by atoms with Crippen molar-refractivity contribution in [2.45, 2.75) is 0 Å². The highest BCUT2D eigenvalue weighted by molar-refractivity contribution is 9.13. The molecule has 0 saturated carbocycles. The van der Waals surface area contributed by atoms with Gasteiger partial charge in [0.05, 0.1) is 23.4 Å². The van der Waals surface area contributed by atoms with Gasteiger partial charge in [-0.25, -0.2) is 4.79 Å². The third-order valence-corrected chi connectivity index (χ3v) is 5.79. The lowest BCUT2D eigenvalue weighted by Gasteiger charge is -2.14. The molecule has 0 radical (unpaired) electrons. The zero-order valence-electron chi connectivity index (χ0n) is 13.3. The molecular weight excluding hydrogens is 554 g/mol. The maximum absolute atomic E-state index is 12.4. The second-order valence-electron chi connectivity index (χ2n) is 4.76. The Kier molecular flexibility index (Phi) is 7.56. The average Bonchev–Trinajstić information content (AvgIpc) is 2.61. The van der Waals surface area contributed by atoms with E-state index in [9.17, 15) is 4.79 Å². The van der Waals surface area contributed by atoms with Crippen LogP contribution < -0.4 is 20.6 Å². The molecule has 26 heavy (non-hydrogen) atoms. The minimum atomic E-state index is -0.514. The van der Waals surface area contributed by atoms with Crippen LogP contribution in [0.2, 0.25) is 0 Å². The van der Waals surface area contributed by atoms with Crippen LogP contribution in [0.3, 0.4) is 0 Å². The molecular formula is C16H12Br3N3O3S. The second kappa shape index (κ2) is 9.45. The predicted molar refractivity (Wildman–Crippen MR) is 115 cm³/mol. The molecule has 0 heterocycles. The molecule has 0 atom stereocenters. The molecule has 0 fully saturated rings. The van der Waals surface area contributed by atoms with Crippen LogP contribution in [0, 0.1) is 0 Å². The van der Waals surface area contributed by atoms with Crippen LogP contribution in [0.5, 0.6) is 11.5 Å². The van der Waals surface area contributed by atoms with Crippen molar-refractivity contribution in [3.63, 3.8) is 0 Å². The van der Waals surface area contributed by atoms with Gasteiger partial charge in [0.25, 0.3) is 0 Å². The summed E-state index contributed by atoms with van der Waals surface area (Å²) in [6, 6.07) is 8.48. The number of nitrogens with one attached hydrogen (secondary N) is 1. The first-order valence-corrected chi connectivity index (χ1v) is 9.74. The molecule has 0 spiro atoms. The molecule has 0 amide bonds. The minimum Gasteiger partial charge on any atom is -0.493 e. The number of hydrogen-bond donors (Lipinski definition) is 2. The standard InChI is InChI=1S/C16H12Br3N3O3S/c1-24-11-6-9(7-21-22-16(20)26)12(18)13(19)14(11)25-15(23)8-2-4-10(17)5-3-8/h2-7H,1H3,(H3,20,22,26)/b21-7+. The number of esters is 1. The van der Waals surface area contributed by atoms with Gasteiger partial charge in [-0.05, 0) is 74.4 Å². The van der Waals surface area contributed by atoms with Crippen molar-refractivity contribution in [2.24, 2.45) is 10.8 Å². The highest BCUT2D eigenvalue weighted by Crippen LogP contribution is 2.42. The van der Waals surface area contributed by atoms with E-state index in [4.69, 9.17) is 15.2 Å². The fraction of sp³-hybridized carbons (Fsp3) is 0.0625. The SMILES string of the molecule is COc1cc(/C=N/NC(N)=S)c(Br)c(Br)c1OC(=O)c1ccc(Br)cc1. The average molecular weight is 566 g/mol. The topological polar surface area (TPSA) is 85.9 Å². The third-order valence-electron chi connectivity index (χ3n) is 3.03. The largest absolute Gasteiger partial charge is 0.493 e. The van der Waals surface area contributed by atoms with E-state index >= 15 is 0 Å². The third kappa shape index (κ3) is 5.26. The lowest BCUT2D eigenvalue weighted by molar-refractivity contribution is 0.0728. The van der Waals surface area contributed by atoms with Crippen LogP contribution in [0.15, 0.2) is 48.9 Å². The van der Waals surface area contributed by atoms with E-state index in [0.29, 0.717) is 25.8 Å². The van der Waals surface area contributed by atoms with Crippen LogP contribution in [0.25, 0.3) is 0 Å². The highest BCUT2D eigenvalue weighted by Gasteiger charge is 2.20. The molecule has 0 aromatic heterocycles. The summed E-state index contributed by atoms with van der Waals surface area (Å²) in [5.41, 5.74) is 8.85. The number of ether oxygens (including phenoxy) is 2. The molecule has 6 nitrogen and oxygen atoms in total. The van der Waals surface area contributed by atoms with Gasteiger partial charge in [-0.3, -0.25) is 5.43 Å². The summed E-state index contributed by atoms with van der Waals surface area (Å²) in [7, 11) is 1.47. The number of rotatable bonds is 5. The minimum absolute atomic E-state index is 0.0449. The van der Waals surface area contributed by atoms with E-state index in [2.05, 4.69) is 70.5 Å². The summed E-state index contributed by atoms with van der Waals surface area (Å²) in [6.07, 6.45) is 1.50. The smallest absolute Gasteiger partial charge is 0.343 e. The van der Waals surface area contributed by atoms with Gasteiger partial charge in [0.2, 0.25) is 0 Å². The fourth-order valence-electron chi connectivity index (χ4n) is 1.85. The second-order valence-corrected chi connectivity index (χ2v) is 7.70. The summed E-state index contributed by atoms with van der Waals surface area (Å²) in [4.78, 5) is 12.4. The molecule has 0 bridgehead atoms. The first-order chi connectivity index (χ1) is 12.3. The Balaban J connectivity index is 2.35. The molecule has 2 aromatic carbocycles. The van der Waals surface area contributed by atoms with Gasteiger partial charge in [-0.2, -0.15) is 5.10 Å². The van der Waals surface area contributed by atoms with E-state index < -0.39 is 5.97 Å². The van der Waals surface area contributed by atoms with E-state index in [-0.39, 0.29) is 10.9 Å². The zero-order chi connectivity index (χ0) is 19.3. The zero-order valence-corrected chi connectivity index (χ0v) is 18.8. The lowest BCUT2D eigenvalue weighted by atomic mass is 10.2. The number of hydrogen-bond acceptors (Lipinski definition) is 5. The summed E-state index contributed by atoms with van der Waals surface area (Å²) < 4.78 is 12.8. The van der Waals surface area contributed by atoms with Gasteiger partial charge in [0.1, 0.15) is 0 Å². The Morgan fingerprint density at radius 1 is 1.23 bits per heavy atom. The lowest BCUT2D eigenvalue weighted by Crippen LogP contribution is -2.24. The van der Waals surface area contributed by atoms with Crippen LogP contribution >= 0.6 is 60.0 Å². The van der Waals surface area contributed by atoms with E-state index in [1.54, 1.807) is 30.3 Å². The highest BCUT2D eigenvalue weighted by atomic mass is 79.9. The van der Waals surface area contributed by atoms with E-state index in [0.717, 1.165) is 4.47 Å². The van der Waals surface area contributed by atoms with Crippen molar-refractivity contribution in [3.05, 3.63) is 54.9 Å². The molecule has 0 aliphatic rings. The molecule has 0 aliphatic carbocycles. The van der Waals surface area contributed by atoms with Crippen molar-refractivity contribution in [1.29, 1.82) is 0 Å². The van der Waals surface area contributed by atoms with Crippen molar-refractivity contribution in [2.75, 3.05) is 7.11 Å². The number of hydrazone groups is 1. The van der Waals surface area contributed by atoms with Crippen LogP contribution in [0.1, 0.15) is 15.9 Å². The van der Waals surface area contributed by atoms with Gasteiger partial charge in [-0.15, -0.1) is 0 Å². The molecule has 2 aromatic rings. The normalized spacial score (nSPS) is 10.6. The molecule has 0 unspecified atom stereocenters. The van der Waals surface area contributed by atoms with Crippen molar-refractivity contribution >= 4 is 77.3 Å². The molecule has 0 saturated heterocycles. The first kappa shape index (κ1) is 20.8. The van der Waals surface area contributed by atoms with Crippen LogP contribution in [0.4, 0.5) is 0 Å². The summed E-state index contributed by atoms with van der Waals surface area (Å²) in [5, 5.41) is 3.95. The number of nitrogens with zero attached hydrogens (tertiary/aromatic N) is 1. The predicted octanol–water partition coefficient (Wildman–Crippen LogP) is 4.37. The molecule has 3 N–H and O–H groups in total. The Morgan fingerprint density at radius 2 is 1.88 bits per heavy atom. The van der Waals surface area contributed by atoms with Crippen LogP contribution in [-0.2, 0) is 0 Å². The monoisotopic (exact) mass is 563 g/mol. The molecule has 136 valence electrons. The Hall–Kier alpha value is -1.49. The number of carbonyl (C=O) groups is 1. The molecule has 0 aliphatic heterocycles. The van der Waals surface area contributed by atoms with Crippen LogP contribution in [-0.4, -0.2) is 24.4 Å². The van der Waals surface area contributed by atoms with Gasteiger partial charge >= 0.3 is 5.97 Å². The summed E-state index contributed by atoms with van der Waals surface area (Å²) in [6.45, 7) is 0.